The van der Waals surface area contributed by atoms with Crippen molar-refractivity contribution in [3.8, 4) is 5.75 Å². The van der Waals surface area contributed by atoms with E-state index < -0.39 is 0 Å². The highest BCUT2D eigenvalue weighted by atomic mass is 35.5. The summed E-state index contributed by atoms with van der Waals surface area (Å²) in [5.41, 5.74) is 2.83. The first-order valence-electron chi connectivity index (χ1n) is 6.86. The van der Waals surface area contributed by atoms with Crippen molar-refractivity contribution in [3.05, 3.63) is 40.8 Å². The molecule has 0 bridgehead atoms. The standard InChI is InChI=1S/C15H17N3O3.ClH/c1-9-14(10(2)21-18-9)15(19)17-12-3-4-13-11(7-12)8-16-5-6-20-13;/h3-4,7,16H,5-6,8H2,1-2H3,(H,17,19);1H. The summed E-state index contributed by atoms with van der Waals surface area (Å²) in [5, 5.41) is 9.94. The predicted molar refractivity (Wildman–Crippen MR) is 84.8 cm³/mol. The number of hydrogen-bond donors (Lipinski definition) is 2. The Labute approximate surface area is 134 Å². The van der Waals surface area contributed by atoms with Crippen molar-refractivity contribution in [2.24, 2.45) is 0 Å². The topological polar surface area (TPSA) is 76.4 Å². The maximum Gasteiger partial charge on any atom is 0.261 e. The van der Waals surface area contributed by atoms with Crippen LogP contribution in [0, 0.1) is 13.8 Å². The molecule has 6 nitrogen and oxygen atoms in total. The van der Waals surface area contributed by atoms with Crippen molar-refractivity contribution < 1.29 is 14.1 Å². The van der Waals surface area contributed by atoms with Gasteiger partial charge in [0.25, 0.3) is 5.91 Å². The predicted octanol–water partition coefficient (Wildman–Crippen LogP) is 2.45. The van der Waals surface area contributed by atoms with Crippen molar-refractivity contribution in [1.82, 2.24) is 10.5 Å². The fourth-order valence-electron chi connectivity index (χ4n) is 2.39. The second-order valence-corrected chi connectivity index (χ2v) is 5.00. The number of anilines is 1. The zero-order chi connectivity index (χ0) is 14.8. The number of amides is 1. The van der Waals surface area contributed by atoms with Gasteiger partial charge in [0.1, 0.15) is 23.7 Å². The van der Waals surface area contributed by atoms with E-state index in [2.05, 4.69) is 15.8 Å². The Bertz CT molecular complexity index is 665. The van der Waals surface area contributed by atoms with Crippen LogP contribution in [-0.2, 0) is 6.54 Å². The molecule has 0 aliphatic carbocycles. The van der Waals surface area contributed by atoms with Crippen LogP contribution in [0.15, 0.2) is 22.7 Å². The number of halogens is 1. The number of ether oxygens (including phenoxy) is 1. The molecule has 0 radical (unpaired) electrons. The van der Waals surface area contributed by atoms with Crippen LogP contribution >= 0.6 is 12.4 Å². The minimum atomic E-state index is -0.214. The maximum absolute atomic E-state index is 12.3. The van der Waals surface area contributed by atoms with E-state index in [9.17, 15) is 4.79 Å². The van der Waals surface area contributed by atoms with Gasteiger partial charge in [-0.15, -0.1) is 12.4 Å². The Balaban J connectivity index is 0.00000176. The third-order valence-corrected chi connectivity index (χ3v) is 3.43. The Morgan fingerprint density at radius 2 is 2.18 bits per heavy atom. The Morgan fingerprint density at radius 1 is 1.36 bits per heavy atom. The molecule has 7 heteroatoms. The molecule has 0 unspecified atom stereocenters. The molecule has 1 amide bonds. The van der Waals surface area contributed by atoms with Crippen LogP contribution in [0.3, 0.4) is 0 Å². The SMILES string of the molecule is Cc1noc(C)c1C(=O)Nc1ccc2c(c1)CNCCO2.Cl. The van der Waals surface area contributed by atoms with Gasteiger partial charge in [0.15, 0.2) is 0 Å². The summed E-state index contributed by atoms with van der Waals surface area (Å²) >= 11 is 0. The third kappa shape index (κ3) is 3.23. The van der Waals surface area contributed by atoms with E-state index in [1.165, 1.54) is 0 Å². The van der Waals surface area contributed by atoms with E-state index in [0.29, 0.717) is 23.6 Å². The largest absolute Gasteiger partial charge is 0.492 e. The quantitative estimate of drug-likeness (QED) is 0.887. The number of fused-ring (bicyclic) bond motifs is 1. The van der Waals surface area contributed by atoms with E-state index >= 15 is 0 Å². The highest BCUT2D eigenvalue weighted by Crippen LogP contribution is 2.25. The number of nitrogens with zero attached hydrogens (tertiary/aromatic N) is 1. The van der Waals surface area contributed by atoms with Gasteiger partial charge < -0.3 is 19.9 Å². The van der Waals surface area contributed by atoms with E-state index in [1.807, 2.05) is 18.2 Å². The second kappa shape index (κ2) is 6.81. The maximum atomic E-state index is 12.3. The molecule has 0 saturated carbocycles. The van der Waals surface area contributed by atoms with E-state index in [1.54, 1.807) is 13.8 Å². The number of aromatic nitrogens is 1. The van der Waals surface area contributed by atoms with Crippen molar-refractivity contribution in [2.45, 2.75) is 20.4 Å². The number of hydrogen-bond acceptors (Lipinski definition) is 5. The van der Waals surface area contributed by atoms with Gasteiger partial charge in [-0.3, -0.25) is 4.79 Å². The van der Waals surface area contributed by atoms with Gasteiger partial charge in [-0.25, -0.2) is 0 Å². The molecule has 1 aromatic carbocycles. The molecule has 0 spiro atoms. The van der Waals surface area contributed by atoms with Gasteiger partial charge in [0.2, 0.25) is 0 Å². The smallest absolute Gasteiger partial charge is 0.261 e. The molecule has 2 heterocycles. The number of aryl methyl sites for hydroxylation is 2. The lowest BCUT2D eigenvalue weighted by Gasteiger charge is -2.10. The molecule has 118 valence electrons. The third-order valence-electron chi connectivity index (χ3n) is 3.43. The summed E-state index contributed by atoms with van der Waals surface area (Å²) < 4.78 is 10.6. The lowest BCUT2D eigenvalue weighted by Crippen LogP contribution is -2.16. The van der Waals surface area contributed by atoms with Crippen LogP contribution in [0.2, 0.25) is 0 Å². The lowest BCUT2D eigenvalue weighted by atomic mass is 10.1. The summed E-state index contributed by atoms with van der Waals surface area (Å²) in [5.74, 6) is 1.16. The molecule has 2 aromatic rings. The van der Waals surface area contributed by atoms with Crippen LogP contribution in [0.1, 0.15) is 27.4 Å². The first-order chi connectivity index (χ1) is 10.1. The first kappa shape index (κ1) is 16.3. The zero-order valence-electron chi connectivity index (χ0n) is 12.4. The van der Waals surface area contributed by atoms with Crippen LogP contribution in [0.25, 0.3) is 0 Å². The fourth-order valence-corrected chi connectivity index (χ4v) is 2.39. The molecule has 2 N–H and O–H groups in total. The van der Waals surface area contributed by atoms with Gasteiger partial charge in [-0.2, -0.15) is 0 Å². The van der Waals surface area contributed by atoms with E-state index in [0.717, 1.165) is 30.1 Å². The number of benzene rings is 1. The summed E-state index contributed by atoms with van der Waals surface area (Å²) in [7, 11) is 0. The molecule has 3 rings (SSSR count). The molecule has 1 aliphatic heterocycles. The summed E-state index contributed by atoms with van der Waals surface area (Å²) in [6.45, 7) is 5.67. The van der Waals surface area contributed by atoms with Gasteiger partial charge in [-0.05, 0) is 32.0 Å². The highest BCUT2D eigenvalue weighted by molar-refractivity contribution is 6.05. The van der Waals surface area contributed by atoms with Gasteiger partial charge >= 0.3 is 0 Å². The average Bonchev–Trinajstić information content (AvgIpc) is 2.67. The van der Waals surface area contributed by atoms with Crippen LogP contribution in [-0.4, -0.2) is 24.2 Å². The minimum Gasteiger partial charge on any atom is -0.492 e. The van der Waals surface area contributed by atoms with E-state index in [-0.39, 0.29) is 18.3 Å². The molecule has 0 atom stereocenters. The minimum absolute atomic E-state index is 0. The molecular weight excluding hydrogens is 306 g/mol. The normalized spacial score (nSPS) is 13.4. The number of rotatable bonds is 2. The lowest BCUT2D eigenvalue weighted by molar-refractivity contribution is 0.102. The number of carbonyl (C=O) groups excluding carboxylic acids is 1. The highest BCUT2D eigenvalue weighted by Gasteiger charge is 2.18. The summed E-state index contributed by atoms with van der Waals surface area (Å²) in [6.07, 6.45) is 0. The Kier molecular flexibility index (Phi) is 5.05. The molecule has 0 fully saturated rings. The average molecular weight is 324 g/mol. The molecular formula is C15H18ClN3O3. The molecule has 0 saturated heterocycles. The zero-order valence-corrected chi connectivity index (χ0v) is 13.3. The summed E-state index contributed by atoms with van der Waals surface area (Å²) in [4.78, 5) is 12.3. The molecule has 1 aliphatic rings. The van der Waals surface area contributed by atoms with Crippen molar-refractivity contribution in [2.75, 3.05) is 18.5 Å². The van der Waals surface area contributed by atoms with Crippen LogP contribution in [0.5, 0.6) is 5.75 Å². The molecule has 22 heavy (non-hydrogen) atoms. The van der Waals surface area contributed by atoms with Crippen molar-refractivity contribution in [1.29, 1.82) is 0 Å². The number of carbonyl (C=O) groups is 1. The van der Waals surface area contributed by atoms with Crippen molar-refractivity contribution in [3.63, 3.8) is 0 Å². The molecule has 1 aromatic heterocycles. The Morgan fingerprint density at radius 3 is 2.91 bits per heavy atom. The van der Waals surface area contributed by atoms with E-state index in [4.69, 9.17) is 9.26 Å². The summed E-state index contributed by atoms with van der Waals surface area (Å²) in [6, 6.07) is 5.63. The van der Waals surface area contributed by atoms with Gasteiger partial charge in [-0.1, -0.05) is 5.16 Å². The first-order valence-corrected chi connectivity index (χ1v) is 6.86. The fraction of sp³-hybridized carbons (Fsp3) is 0.333. The number of nitrogens with one attached hydrogen (secondary N) is 2. The van der Waals surface area contributed by atoms with Gasteiger partial charge in [0.05, 0.1) is 5.69 Å². The second-order valence-electron chi connectivity index (χ2n) is 5.00. The van der Waals surface area contributed by atoms with Crippen LogP contribution in [0.4, 0.5) is 5.69 Å². The van der Waals surface area contributed by atoms with Gasteiger partial charge in [0, 0.05) is 24.3 Å². The monoisotopic (exact) mass is 323 g/mol. The Hall–Kier alpha value is -2.05. The van der Waals surface area contributed by atoms with Crippen molar-refractivity contribution >= 4 is 24.0 Å². The van der Waals surface area contributed by atoms with Crippen LogP contribution < -0.4 is 15.4 Å².